The highest BCUT2D eigenvalue weighted by atomic mass is 32.1. The molecule has 1 aromatic heterocycles. The molecule has 1 N–H and O–H groups in total. The third kappa shape index (κ3) is 7.85. The van der Waals surface area contributed by atoms with Crippen molar-refractivity contribution in [2.45, 2.75) is 92.0 Å². The second-order valence-corrected chi connectivity index (χ2v) is 9.08. The lowest BCUT2D eigenvalue weighted by molar-refractivity contribution is -0.139. The molecule has 0 radical (unpaired) electrons. The number of carbonyl (C=O) groups excluding carboxylic acids is 2. The Morgan fingerprint density at radius 3 is 2.23 bits per heavy atom. The summed E-state index contributed by atoms with van der Waals surface area (Å²) in [5.74, 6) is -0.139. The molecule has 26 heavy (non-hydrogen) atoms. The van der Waals surface area contributed by atoms with Crippen LogP contribution in [0, 0.1) is 13.8 Å². The molecule has 0 saturated carbocycles. The molecule has 0 aliphatic carbocycles. The molecule has 2 amide bonds. The number of amides is 2. The van der Waals surface area contributed by atoms with E-state index in [-0.39, 0.29) is 23.9 Å². The first-order chi connectivity index (χ1) is 12.1. The summed E-state index contributed by atoms with van der Waals surface area (Å²) in [4.78, 5) is 32.2. The molecule has 1 rings (SSSR count). The number of hydrogen-bond acceptors (Lipinski definition) is 4. The van der Waals surface area contributed by atoms with Gasteiger partial charge in [-0.3, -0.25) is 9.59 Å². The van der Waals surface area contributed by atoms with Crippen LogP contribution in [0.4, 0.5) is 5.13 Å². The number of unbranched alkanes of at least 4 members (excludes halogenated alkanes) is 5. The van der Waals surface area contributed by atoms with Gasteiger partial charge in [-0.15, -0.1) is 11.3 Å². The molecular weight excluding hydrogens is 346 g/mol. The Bertz CT molecular complexity index is 571. The highest BCUT2D eigenvalue weighted by Crippen LogP contribution is 2.22. The number of aromatic nitrogens is 1. The lowest BCUT2D eigenvalue weighted by Crippen LogP contribution is -2.49. The number of thiazole rings is 1. The molecule has 0 aliphatic rings. The number of nitrogens with one attached hydrogen (secondary N) is 1. The van der Waals surface area contributed by atoms with Crippen LogP contribution >= 0.6 is 11.3 Å². The predicted molar refractivity (Wildman–Crippen MR) is 110 cm³/mol. The van der Waals surface area contributed by atoms with Crippen molar-refractivity contribution >= 4 is 28.3 Å². The van der Waals surface area contributed by atoms with Gasteiger partial charge in [0.15, 0.2) is 5.13 Å². The molecule has 0 unspecified atom stereocenters. The van der Waals surface area contributed by atoms with Crippen molar-refractivity contribution in [2.75, 3.05) is 11.9 Å². The van der Waals surface area contributed by atoms with Crippen molar-refractivity contribution in [1.82, 2.24) is 9.88 Å². The van der Waals surface area contributed by atoms with Crippen LogP contribution in [0.15, 0.2) is 0 Å². The van der Waals surface area contributed by atoms with Crippen LogP contribution in [0.2, 0.25) is 0 Å². The number of rotatable bonds is 10. The number of carbonyl (C=O) groups is 2. The van der Waals surface area contributed by atoms with E-state index >= 15 is 0 Å². The minimum atomic E-state index is -0.384. The summed E-state index contributed by atoms with van der Waals surface area (Å²) >= 11 is 1.46. The van der Waals surface area contributed by atoms with Gasteiger partial charge >= 0.3 is 0 Å². The molecule has 0 fully saturated rings. The van der Waals surface area contributed by atoms with Crippen molar-refractivity contribution in [3.05, 3.63) is 10.6 Å². The Kier molecular flexibility index (Phi) is 9.27. The standard InChI is InChI=1S/C20H35N3O2S/c1-7-8-9-10-11-12-13-18(25)23(20(4,5)6)14-17(24)22-19-21-15(2)16(3)26-19/h7-14H2,1-6H3,(H,21,22,24). The maximum absolute atomic E-state index is 12.7. The molecule has 148 valence electrons. The molecule has 0 bridgehead atoms. The van der Waals surface area contributed by atoms with Crippen LogP contribution in [0.3, 0.4) is 0 Å². The van der Waals surface area contributed by atoms with E-state index in [1.54, 1.807) is 4.90 Å². The van der Waals surface area contributed by atoms with E-state index in [0.717, 1.165) is 23.4 Å². The van der Waals surface area contributed by atoms with Gasteiger partial charge in [0.1, 0.15) is 6.54 Å². The molecule has 0 atom stereocenters. The van der Waals surface area contributed by atoms with Gasteiger partial charge in [-0.05, 0) is 41.0 Å². The van der Waals surface area contributed by atoms with Crippen LogP contribution in [0.1, 0.15) is 83.2 Å². The fourth-order valence-electron chi connectivity index (χ4n) is 2.72. The van der Waals surface area contributed by atoms with Crippen LogP contribution in [0.5, 0.6) is 0 Å². The molecule has 0 aliphatic heterocycles. The minimum Gasteiger partial charge on any atom is -0.329 e. The van der Waals surface area contributed by atoms with Gasteiger partial charge in [-0.2, -0.15) is 0 Å². The second-order valence-electron chi connectivity index (χ2n) is 7.88. The van der Waals surface area contributed by atoms with Crippen LogP contribution in [-0.2, 0) is 9.59 Å². The summed E-state index contributed by atoms with van der Waals surface area (Å²) in [5.41, 5.74) is 0.544. The van der Waals surface area contributed by atoms with Crippen molar-refractivity contribution in [2.24, 2.45) is 0 Å². The molecule has 5 nitrogen and oxygen atoms in total. The summed E-state index contributed by atoms with van der Waals surface area (Å²) in [6.07, 6.45) is 7.38. The maximum atomic E-state index is 12.7. The topological polar surface area (TPSA) is 62.3 Å². The molecule has 0 spiro atoms. The molecule has 1 heterocycles. The minimum absolute atomic E-state index is 0.0506. The monoisotopic (exact) mass is 381 g/mol. The fourth-order valence-corrected chi connectivity index (χ4v) is 3.55. The normalized spacial score (nSPS) is 11.5. The Hall–Kier alpha value is -1.43. The smallest absolute Gasteiger partial charge is 0.245 e. The summed E-state index contributed by atoms with van der Waals surface area (Å²) in [5, 5.41) is 3.43. The lowest BCUT2D eigenvalue weighted by Gasteiger charge is -2.35. The maximum Gasteiger partial charge on any atom is 0.245 e. The summed E-state index contributed by atoms with van der Waals surface area (Å²) in [6, 6.07) is 0. The van der Waals surface area contributed by atoms with E-state index in [1.807, 2.05) is 34.6 Å². The number of aryl methyl sites for hydroxylation is 2. The highest BCUT2D eigenvalue weighted by Gasteiger charge is 2.28. The zero-order valence-electron chi connectivity index (χ0n) is 17.3. The third-order valence-electron chi connectivity index (χ3n) is 4.43. The molecular formula is C20H35N3O2S. The second kappa shape index (κ2) is 10.7. The van der Waals surface area contributed by atoms with Gasteiger partial charge in [0.25, 0.3) is 0 Å². The molecule has 0 saturated heterocycles. The summed E-state index contributed by atoms with van der Waals surface area (Å²) in [6.45, 7) is 12.1. The van der Waals surface area contributed by atoms with E-state index in [1.165, 1.54) is 37.0 Å². The first kappa shape index (κ1) is 22.6. The van der Waals surface area contributed by atoms with Crippen LogP contribution in [-0.4, -0.2) is 33.8 Å². The van der Waals surface area contributed by atoms with E-state index in [0.29, 0.717) is 11.6 Å². The quantitative estimate of drug-likeness (QED) is 0.575. The zero-order chi connectivity index (χ0) is 19.7. The van der Waals surface area contributed by atoms with E-state index in [4.69, 9.17) is 0 Å². The highest BCUT2D eigenvalue weighted by molar-refractivity contribution is 7.15. The van der Waals surface area contributed by atoms with Crippen molar-refractivity contribution < 1.29 is 9.59 Å². The number of hydrogen-bond donors (Lipinski definition) is 1. The SMILES string of the molecule is CCCCCCCCC(=O)N(CC(=O)Nc1nc(C)c(C)s1)C(C)(C)C. The molecule has 6 heteroatoms. The largest absolute Gasteiger partial charge is 0.329 e. The van der Waals surface area contributed by atoms with E-state index in [9.17, 15) is 9.59 Å². The fraction of sp³-hybridized carbons (Fsp3) is 0.750. The Labute approximate surface area is 162 Å². The van der Waals surface area contributed by atoms with Crippen LogP contribution in [0.25, 0.3) is 0 Å². The van der Waals surface area contributed by atoms with Crippen LogP contribution < -0.4 is 5.32 Å². The molecule has 0 aromatic carbocycles. The number of nitrogens with zero attached hydrogens (tertiary/aromatic N) is 2. The van der Waals surface area contributed by atoms with E-state index < -0.39 is 0 Å². The average Bonchev–Trinajstić information content (AvgIpc) is 2.84. The lowest BCUT2D eigenvalue weighted by atomic mass is 10.0. The first-order valence-corrected chi connectivity index (χ1v) is 10.5. The zero-order valence-corrected chi connectivity index (χ0v) is 18.1. The first-order valence-electron chi connectivity index (χ1n) is 9.69. The Morgan fingerprint density at radius 1 is 1.08 bits per heavy atom. The summed E-state index contributed by atoms with van der Waals surface area (Å²) < 4.78 is 0. The van der Waals surface area contributed by atoms with Gasteiger partial charge < -0.3 is 10.2 Å². The van der Waals surface area contributed by atoms with Gasteiger partial charge in [0, 0.05) is 16.8 Å². The van der Waals surface area contributed by atoms with Crippen molar-refractivity contribution in [1.29, 1.82) is 0 Å². The average molecular weight is 382 g/mol. The van der Waals surface area contributed by atoms with Gasteiger partial charge in [0.2, 0.25) is 11.8 Å². The van der Waals surface area contributed by atoms with Gasteiger partial charge in [0.05, 0.1) is 5.69 Å². The van der Waals surface area contributed by atoms with Gasteiger partial charge in [-0.1, -0.05) is 39.0 Å². The van der Waals surface area contributed by atoms with Crippen molar-refractivity contribution in [3.63, 3.8) is 0 Å². The molecule has 1 aromatic rings. The Morgan fingerprint density at radius 2 is 1.69 bits per heavy atom. The number of anilines is 1. The summed E-state index contributed by atoms with van der Waals surface area (Å²) in [7, 11) is 0. The Balaban J connectivity index is 2.54. The predicted octanol–water partition coefficient (Wildman–Crippen LogP) is 5.08. The van der Waals surface area contributed by atoms with Gasteiger partial charge in [-0.25, -0.2) is 4.98 Å². The van der Waals surface area contributed by atoms with Crippen molar-refractivity contribution in [3.8, 4) is 0 Å². The third-order valence-corrected chi connectivity index (χ3v) is 5.42. The van der Waals surface area contributed by atoms with E-state index in [2.05, 4.69) is 17.2 Å².